The molecule has 1 N–H and O–H groups in total. The Morgan fingerprint density at radius 2 is 1.75 bits per heavy atom. The number of carbonyl (C=O) groups is 2. The van der Waals surface area contributed by atoms with Gasteiger partial charge in [-0.3, -0.25) is 13.9 Å². The van der Waals surface area contributed by atoms with Gasteiger partial charge in [-0.2, -0.15) is 0 Å². The first-order chi connectivity index (χ1) is 15.1. The number of nitrogens with zero attached hydrogens (tertiary/aromatic N) is 2. The lowest BCUT2D eigenvalue weighted by Gasteiger charge is -2.33. The topological polar surface area (TPSA) is 86.8 Å². The molecule has 2 amide bonds. The van der Waals surface area contributed by atoms with E-state index in [1.54, 1.807) is 56.3 Å². The standard InChI is InChI=1S/C22H27Cl2N3O4S/c1-4-20(22(29)25-5-2)26(14-16-9-6-7-12-19(16)24)21(28)15-27(32(3,30)31)18-11-8-10-17(23)13-18/h6-13,20H,4-5,14-15H2,1-3H3,(H,25,29)/t20-/m1/s1. The fourth-order valence-electron chi connectivity index (χ4n) is 3.27. The van der Waals surface area contributed by atoms with Crippen LogP contribution >= 0.6 is 23.2 Å². The number of hydrogen-bond acceptors (Lipinski definition) is 4. The highest BCUT2D eigenvalue weighted by molar-refractivity contribution is 7.92. The predicted molar refractivity (Wildman–Crippen MR) is 128 cm³/mol. The number of carbonyl (C=O) groups excluding carboxylic acids is 2. The third kappa shape index (κ3) is 6.85. The summed E-state index contributed by atoms with van der Waals surface area (Å²) in [7, 11) is -3.81. The van der Waals surface area contributed by atoms with E-state index in [1.807, 2.05) is 0 Å². The van der Waals surface area contributed by atoms with Gasteiger partial charge in [0.05, 0.1) is 11.9 Å². The third-order valence-electron chi connectivity index (χ3n) is 4.81. The maximum atomic E-state index is 13.4. The van der Waals surface area contributed by atoms with E-state index in [2.05, 4.69) is 5.32 Å². The van der Waals surface area contributed by atoms with Crippen LogP contribution in [0.15, 0.2) is 48.5 Å². The summed E-state index contributed by atoms with van der Waals surface area (Å²) in [6.07, 6.45) is 1.36. The van der Waals surface area contributed by atoms with Gasteiger partial charge in [-0.1, -0.05) is 54.4 Å². The summed E-state index contributed by atoms with van der Waals surface area (Å²) in [4.78, 5) is 27.5. The summed E-state index contributed by atoms with van der Waals surface area (Å²) >= 11 is 12.3. The van der Waals surface area contributed by atoms with E-state index in [1.165, 1.54) is 11.0 Å². The lowest BCUT2D eigenvalue weighted by molar-refractivity contribution is -0.140. The van der Waals surface area contributed by atoms with Crippen molar-refractivity contribution in [1.82, 2.24) is 10.2 Å². The SMILES string of the molecule is CCNC(=O)[C@@H](CC)N(Cc1ccccc1Cl)C(=O)CN(c1cccc(Cl)c1)S(C)(=O)=O. The van der Waals surface area contributed by atoms with Crippen LogP contribution < -0.4 is 9.62 Å². The van der Waals surface area contributed by atoms with Crippen LogP contribution in [0.2, 0.25) is 10.0 Å². The number of rotatable bonds is 10. The molecule has 0 fully saturated rings. The average Bonchev–Trinajstić information content (AvgIpc) is 2.72. The second-order valence-electron chi connectivity index (χ2n) is 7.18. The molecule has 0 aliphatic heterocycles. The second-order valence-corrected chi connectivity index (χ2v) is 9.93. The zero-order valence-electron chi connectivity index (χ0n) is 18.2. The molecule has 1 atom stereocenters. The number of sulfonamides is 1. The van der Waals surface area contributed by atoms with Gasteiger partial charge in [-0.05, 0) is 43.2 Å². The Balaban J connectivity index is 2.45. The Morgan fingerprint density at radius 3 is 2.31 bits per heavy atom. The number of hydrogen-bond donors (Lipinski definition) is 1. The van der Waals surface area contributed by atoms with Gasteiger partial charge in [0.25, 0.3) is 0 Å². The fraction of sp³-hybridized carbons (Fsp3) is 0.364. The quantitative estimate of drug-likeness (QED) is 0.539. The van der Waals surface area contributed by atoms with Crippen LogP contribution in [0.25, 0.3) is 0 Å². The van der Waals surface area contributed by atoms with Gasteiger partial charge in [0, 0.05) is 23.1 Å². The van der Waals surface area contributed by atoms with Crippen molar-refractivity contribution in [2.45, 2.75) is 32.9 Å². The van der Waals surface area contributed by atoms with Crippen molar-refractivity contribution in [3.8, 4) is 0 Å². The highest BCUT2D eigenvalue weighted by Gasteiger charge is 2.31. The number of nitrogens with one attached hydrogen (secondary N) is 1. The van der Waals surface area contributed by atoms with Crippen molar-refractivity contribution in [1.29, 1.82) is 0 Å². The molecule has 7 nitrogen and oxygen atoms in total. The first-order valence-corrected chi connectivity index (χ1v) is 12.7. The molecule has 174 valence electrons. The number of halogens is 2. The van der Waals surface area contributed by atoms with Crippen molar-refractivity contribution >= 4 is 50.7 Å². The largest absolute Gasteiger partial charge is 0.355 e. The van der Waals surface area contributed by atoms with E-state index in [4.69, 9.17) is 23.2 Å². The molecule has 0 saturated heterocycles. The Morgan fingerprint density at radius 1 is 1.06 bits per heavy atom. The first-order valence-electron chi connectivity index (χ1n) is 10.1. The Bertz CT molecular complexity index is 1060. The summed E-state index contributed by atoms with van der Waals surface area (Å²) in [5.74, 6) is -0.850. The van der Waals surface area contributed by atoms with E-state index < -0.39 is 28.5 Å². The summed E-state index contributed by atoms with van der Waals surface area (Å²) in [6.45, 7) is 3.55. The van der Waals surface area contributed by atoms with Crippen LogP contribution in [0.1, 0.15) is 25.8 Å². The fourth-order valence-corrected chi connectivity index (χ4v) is 4.49. The molecule has 0 aliphatic rings. The second kappa shape index (κ2) is 11.5. The molecule has 0 aliphatic carbocycles. The summed E-state index contributed by atoms with van der Waals surface area (Å²) in [5.41, 5.74) is 0.913. The van der Waals surface area contributed by atoms with Gasteiger partial charge in [0.15, 0.2) is 0 Å². The van der Waals surface area contributed by atoms with Gasteiger partial charge < -0.3 is 10.2 Å². The molecule has 0 spiro atoms. The summed E-state index contributed by atoms with van der Waals surface area (Å²) in [6, 6.07) is 12.5. The van der Waals surface area contributed by atoms with Gasteiger partial charge >= 0.3 is 0 Å². The maximum Gasteiger partial charge on any atom is 0.244 e. The van der Waals surface area contributed by atoms with Gasteiger partial charge in [-0.25, -0.2) is 8.42 Å². The number of anilines is 1. The van der Waals surface area contributed by atoms with E-state index in [0.717, 1.165) is 10.6 Å². The van der Waals surface area contributed by atoms with Crippen LogP contribution in [0.3, 0.4) is 0 Å². The Kier molecular flexibility index (Phi) is 9.36. The number of amides is 2. The molecule has 0 unspecified atom stereocenters. The van der Waals surface area contributed by atoms with Gasteiger partial charge in [0.1, 0.15) is 12.6 Å². The molecular formula is C22H27Cl2N3O4S. The molecule has 10 heteroatoms. The van der Waals surface area contributed by atoms with Crippen molar-refractivity contribution in [3.05, 3.63) is 64.1 Å². The predicted octanol–water partition coefficient (Wildman–Crippen LogP) is 3.70. The third-order valence-corrected chi connectivity index (χ3v) is 6.56. The van der Waals surface area contributed by atoms with Crippen LogP contribution in [-0.2, 0) is 26.2 Å². The molecule has 0 bridgehead atoms. The zero-order chi connectivity index (χ0) is 23.9. The smallest absolute Gasteiger partial charge is 0.244 e. The number of likely N-dealkylation sites (N-methyl/N-ethyl adjacent to an activating group) is 1. The van der Waals surface area contributed by atoms with E-state index >= 15 is 0 Å². The summed E-state index contributed by atoms with van der Waals surface area (Å²) < 4.78 is 26.0. The molecule has 0 radical (unpaired) electrons. The molecular weight excluding hydrogens is 473 g/mol. The lowest BCUT2D eigenvalue weighted by Crippen LogP contribution is -2.52. The molecule has 2 aromatic carbocycles. The molecule has 2 rings (SSSR count). The zero-order valence-corrected chi connectivity index (χ0v) is 20.5. The van der Waals surface area contributed by atoms with Crippen molar-refractivity contribution in [3.63, 3.8) is 0 Å². The minimum atomic E-state index is -3.81. The lowest BCUT2D eigenvalue weighted by atomic mass is 10.1. The van der Waals surface area contributed by atoms with Crippen LogP contribution in [-0.4, -0.2) is 50.5 Å². The van der Waals surface area contributed by atoms with Crippen molar-refractivity contribution in [2.75, 3.05) is 23.7 Å². The molecule has 0 saturated carbocycles. The van der Waals surface area contributed by atoms with E-state index in [0.29, 0.717) is 28.6 Å². The highest BCUT2D eigenvalue weighted by Crippen LogP contribution is 2.24. The molecule has 32 heavy (non-hydrogen) atoms. The van der Waals surface area contributed by atoms with E-state index in [9.17, 15) is 18.0 Å². The van der Waals surface area contributed by atoms with Gasteiger partial charge in [0.2, 0.25) is 21.8 Å². The maximum absolute atomic E-state index is 13.4. The van der Waals surface area contributed by atoms with Crippen LogP contribution in [0.4, 0.5) is 5.69 Å². The number of benzene rings is 2. The monoisotopic (exact) mass is 499 g/mol. The molecule has 0 heterocycles. The molecule has 2 aromatic rings. The normalized spacial score (nSPS) is 12.2. The Hall–Kier alpha value is -2.29. The van der Waals surface area contributed by atoms with Crippen LogP contribution in [0, 0.1) is 0 Å². The first kappa shape index (κ1) is 26.0. The van der Waals surface area contributed by atoms with Crippen molar-refractivity contribution in [2.24, 2.45) is 0 Å². The van der Waals surface area contributed by atoms with Crippen molar-refractivity contribution < 1.29 is 18.0 Å². The van der Waals surface area contributed by atoms with Gasteiger partial charge in [-0.15, -0.1) is 0 Å². The summed E-state index contributed by atoms with van der Waals surface area (Å²) in [5, 5.41) is 3.53. The minimum Gasteiger partial charge on any atom is -0.355 e. The highest BCUT2D eigenvalue weighted by atomic mass is 35.5. The molecule has 0 aromatic heterocycles. The van der Waals surface area contributed by atoms with E-state index in [-0.39, 0.29) is 18.1 Å². The Labute approximate surface area is 199 Å². The van der Waals surface area contributed by atoms with Crippen LogP contribution in [0.5, 0.6) is 0 Å². The average molecular weight is 500 g/mol. The minimum absolute atomic E-state index is 0.0568.